The van der Waals surface area contributed by atoms with Crippen molar-refractivity contribution in [1.82, 2.24) is 9.88 Å². The number of piperazine rings is 1. The largest absolute Gasteiger partial charge is 0.416 e. The molecule has 13 heteroatoms. The molecule has 0 spiro atoms. The molecule has 6 nitrogen and oxygen atoms in total. The molecular weight excluding hydrogens is 605 g/mol. The minimum absolute atomic E-state index is 0.0158. The van der Waals surface area contributed by atoms with Crippen LogP contribution < -0.4 is 9.80 Å². The Morgan fingerprint density at radius 1 is 0.933 bits per heavy atom. The maximum Gasteiger partial charge on any atom is 0.416 e. The van der Waals surface area contributed by atoms with Crippen molar-refractivity contribution < 1.29 is 40.3 Å². The van der Waals surface area contributed by atoms with Gasteiger partial charge in [0.1, 0.15) is 11.6 Å². The van der Waals surface area contributed by atoms with Gasteiger partial charge in [-0.25, -0.2) is 9.37 Å². The summed E-state index contributed by atoms with van der Waals surface area (Å²) in [5.41, 5.74) is -3.73. The molecule has 5 rings (SSSR count). The van der Waals surface area contributed by atoms with Crippen LogP contribution in [0.5, 0.6) is 0 Å². The minimum atomic E-state index is -5.08. The van der Waals surface area contributed by atoms with Crippen LogP contribution in [0.25, 0.3) is 11.1 Å². The Hall–Kier alpha value is -4.16. The number of likely N-dealkylation sites (N-methyl/N-ethyl adjacent to an activating group) is 1. The molecule has 2 aliphatic rings. The highest BCUT2D eigenvalue weighted by molar-refractivity contribution is 6.03. The number of amides is 2. The van der Waals surface area contributed by atoms with Gasteiger partial charge in [0, 0.05) is 31.7 Å². The molecule has 0 aliphatic carbocycles. The first kappa shape index (κ1) is 32.2. The average molecular weight is 637 g/mol. The molecule has 0 N–H and O–H groups in total. The molecule has 2 aliphatic heterocycles. The van der Waals surface area contributed by atoms with Crippen molar-refractivity contribution in [3.63, 3.8) is 0 Å². The van der Waals surface area contributed by atoms with E-state index in [0.717, 1.165) is 17.7 Å². The zero-order chi connectivity index (χ0) is 33.1. The first-order chi connectivity index (χ1) is 20.9. The van der Waals surface area contributed by atoms with Gasteiger partial charge in [-0.2, -0.15) is 26.3 Å². The van der Waals surface area contributed by atoms with Crippen molar-refractivity contribution in [3.05, 3.63) is 76.7 Å². The third kappa shape index (κ3) is 6.21. The summed E-state index contributed by atoms with van der Waals surface area (Å²) < 4.78 is 95.8. The summed E-state index contributed by atoms with van der Waals surface area (Å²) in [5.74, 6) is -0.904. The number of pyridine rings is 1. The van der Waals surface area contributed by atoms with Crippen molar-refractivity contribution in [2.24, 2.45) is 0 Å². The number of hydrogen-bond donors (Lipinski definition) is 0. The number of alkyl halides is 6. The van der Waals surface area contributed by atoms with Gasteiger partial charge in [0.05, 0.1) is 35.0 Å². The van der Waals surface area contributed by atoms with Crippen LogP contribution >= 0.6 is 0 Å². The van der Waals surface area contributed by atoms with E-state index in [1.165, 1.54) is 45.3 Å². The molecule has 45 heavy (non-hydrogen) atoms. The van der Waals surface area contributed by atoms with Gasteiger partial charge in [0.2, 0.25) is 11.8 Å². The molecule has 0 bridgehead atoms. The van der Waals surface area contributed by atoms with Gasteiger partial charge < -0.3 is 14.7 Å². The second-order valence-corrected chi connectivity index (χ2v) is 12.1. The molecule has 1 unspecified atom stereocenters. The van der Waals surface area contributed by atoms with Gasteiger partial charge in [-0.3, -0.25) is 9.59 Å². The van der Waals surface area contributed by atoms with E-state index in [-0.39, 0.29) is 30.2 Å². The molecule has 1 aromatic heterocycles. The number of halogens is 7. The topological polar surface area (TPSA) is 56.8 Å². The molecular formula is C32H31F7N4O2. The zero-order valence-corrected chi connectivity index (χ0v) is 25.0. The first-order valence-corrected chi connectivity index (χ1v) is 14.3. The van der Waals surface area contributed by atoms with E-state index >= 15 is 0 Å². The van der Waals surface area contributed by atoms with Crippen LogP contribution in [0.2, 0.25) is 0 Å². The van der Waals surface area contributed by atoms with Crippen LogP contribution in [-0.2, 0) is 27.4 Å². The Morgan fingerprint density at radius 2 is 1.56 bits per heavy atom. The Morgan fingerprint density at radius 3 is 2.16 bits per heavy atom. The standard InChI is InChI=1S/C32H31F7N4O2/c1-18-10-22(33)7-8-24(18)25-14-27(42-16-23-6-5-9-43(23)28(44)17-42)40-15-26(25)41(4)29(45)30(2,3)19-11-20(31(34,35)36)13-21(12-19)32(37,38)39/h7-8,10-15,23H,5-6,9,16-17H2,1-4H3. The smallest absolute Gasteiger partial charge is 0.345 e. The van der Waals surface area contributed by atoms with Crippen molar-refractivity contribution in [2.45, 2.75) is 57.4 Å². The number of aromatic nitrogens is 1. The number of fused-ring (bicyclic) bond motifs is 1. The molecule has 1 atom stereocenters. The van der Waals surface area contributed by atoms with Gasteiger partial charge in [0.25, 0.3) is 0 Å². The van der Waals surface area contributed by atoms with Gasteiger partial charge in [-0.1, -0.05) is 6.07 Å². The second kappa shape index (κ2) is 11.3. The van der Waals surface area contributed by atoms with Gasteiger partial charge in [-0.05, 0) is 86.7 Å². The molecule has 2 aromatic carbocycles. The SMILES string of the molecule is Cc1cc(F)ccc1-c1cc(N2CC(=O)N3CCCC3C2)ncc1N(C)C(=O)C(C)(C)c1cc(C(F)(F)F)cc(C(F)(F)F)c1. The summed E-state index contributed by atoms with van der Waals surface area (Å²) in [7, 11) is 1.35. The molecule has 2 saturated heterocycles. The number of anilines is 2. The van der Waals surface area contributed by atoms with E-state index in [1.807, 2.05) is 9.80 Å². The molecule has 240 valence electrons. The fourth-order valence-corrected chi connectivity index (χ4v) is 6.09. The monoisotopic (exact) mass is 636 g/mol. The average Bonchev–Trinajstić information content (AvgIpc) is 3.44. The lowest BCUT2D eigenvalue weighted by Gasteiger charge is -2.38. The number of rotatable bonds is 5. The maximum atomic E-state index is 14.1. The lowest BCUT2D eigenvalue weighted by atomic mass is 9.81. The molecule has 0 saturated carbocycles. The predicted octanol–water partition coefficient (Wildman–Crippen LogP) is 6.99. The van der Waals surface area contributed by atoms with E-state index in [0.29, 0.717) is 47.7 Å². The van der Waals surface area contributed by atoms with Crippen molar-refractivity contribution >= 4 is 23.3 Å². The summed E-state index contributed by atoms with van der Waals surface area (Å²) in [6.45, 7) is 5.49. The number of benzene rings is 2. The molecule has 2 amide bonds. The van der Waals surface area contributed by atoms with Crippen molar-refractivity contribution in [3.8, 4) is 11.1 Å². The summed E-state index contributed by atoms with van der Waals surface area (Å²) in [4.78, 5) is 36.1. The fraction of sp³-hybridized carbons (Fsp3) is 0.406. The second-order valence-electron chi connectivity index (χ2n) is 12.1. The van der Waals surface area contributed by atoms with Crippen LogP contribution in [0.3, 0.4) is 0 Å². The van der Waals surface area contributed by atoms with E-state index in [4.69, 9.17) is 0 Å². The summed E-state index contributed by atoms with van der Waals surface area (Å²) in [5, 5.41) is 0. The number of carbonyl (C=O) groups excluding carboxylic acids is 2. The third-order valence-corrected chi connectivity index (χ3v) is 8.64. The third-order valence-electron chi connectivity index (χ3n) is 8.64. The molecule has 3 aromatic rings. The normalized spacial score (nSPS) is 17.5. The summed E-state index contributed by atoms with van der Waals surface area (Å²) >= 11 is 0. The Bertz CT molecular complexity index is 1620. The molecule has 3 heterocycles. The lowest BCUT2D eigenvalue weighted by Crippen LogP contribution is -2.54. The fourth-order valence-electron chi connectivity index (χ4n) is 6.09. The quantitative estimate of drug-likeness (QED) is 0.284. The van der Waals surface area contributed by atoms with Crippen LogP contribution in [0, 0.1) is 12.7 Å². The highest BCUT2D eigenvalue weighted by Gasteiger charge is 2.42. The number of nitrogens with zero attached hydrogens (tertiary/aromatic N) is 4. The molecule has 2 fully saturated rings. The van der Waals surface area contributed by atoms with Crippen LogP contribution in [-0.4, -0.2) is 54.4 Å². The Kier molecular flexibility index (Phi) is 8.12. The maximum absolute atomic E-state index is 14.1. The first-order valence-electron chi connectivity index (χ1n) is 14.3. The minimum Gasteiger partial charge on any atom is -0.345 e. The number of aryl methyl sites for hydroxylation is 1. The van der Waals surface area contributed by atoms with Crippen LogP contribution in [0.4, 0.5) is 42.2 Å². The number of carbonyl (C=O) groups is 2. The van der Waals surface area contributed by atoms with Gasteiger partial charge in [-0.15, -0.1) is 0 Å². The van der Waals surface area contributed by atoms with Gasteiger partial charge in [0.15, 0.2) is 0 Å². The van der Waals surface area contributed by atoms with Crippen molar-refractivity contribution in [1.29, 1.82) is 0 Å². The van der Waals surface area contributed by atoms with E-state index in [1.54, 1.807) is 13.0 Å². The summed E-state index contributed by atoms with van der Waals surface area (Å²) in [6, 6.07) is 6.85. The van der Waals surface area contributed by atoms with E-state index < -0.39 is 46.2 Å². The molecule has 0 radical (unpaired) electrons. The van der Waals surface area contributed by atoms with Crippen LogP contribution in [0.1, 0.15) is 48.9 Å². The lowest BCUT2D eigenvalue weighted by molar-refractivity contribution is -0.143. The predicted molar refractivity (Wildman–Crippen MR) is 154 cm³/mol. The van der Waals surface area contributed by atoms with Gasteiger partial charge >= 0.3 is 12.4 Å². The van der Waals surface area contributed by atoms with Crippen LogP contribution in [0.15, 0.2) is 48.7 Å². The highest BCUT2D eigenvalue weighted by Crippen LogP contribution is 2.41. The number of hydrogen-bond acceptors (Lipinski definition) is 4. The highest BCUT2D eigenvalue weighted by atomic mass is 19.4. The van der Waals surface area contributed by atoms with E-state index in [2.05, 4.69) is 4.98 Å². The van der Waals surface area contributed by atoms with E-state index in [9.17, 15) is 40.3 Å². The van der Waals surface area contributed by atoms with Crippen molar-refractivity contribution in [2.75, 3.05) is 36.5 Å². The Labute approximate surface area is 255 Å². The Balaban J connectivity index is 1.58. The zero-order valence-electron chi connectivity index (χ0n) is 25.0. The summed E-state index contributed by atoms with van der Waals surface area (Å²) in [6.07, 6.45) is -7.04.